The largest absolute Gasteiger partial charge is 0.394 e. The van der Waals surface area contributed by atoms with Gasteiger partial charge in [0.1, 0.15) is 11.4 Å². The van der Waals surface area contributed by atoms with Gasteiger partial charge in [-0.1, -0.05) is 18.2 Å². The van der Waals surface area contributed by atoms with Crippen molar-refractivity contribution >= 4 is 23.1 Å². The molecule has 4 nitrogen and oxygen atoms in total. The summed E-state index contributed by atoms with van der Waals surface area (Å²) >= 11 is 1.79. The van der Waals surface area contributed by atoms with Crippen molar-refractivity contribution in [1.29, 1.82) is 0 Å². The van der Waals surface area contributed by atoms with E-state index in [4.69, 9.17) is 5.73 Å². The molecule has 0 spiro atoms. The zero-order valence-corrected chi connectivity index (χ0v) is 12.1. The van der Waals surface area contributed by atoms with Gasteiger partial charge in [0.25, 0.3) is 10.9 Å². The molecule has 0 saturated carbocycles. The van der Waals surface area contributed by atoms with Gasteiger partial charge in [0.05, 0.1) is 0 Å². The van der Waals surface area contributed by atoms with Gasteiger partial charge in [-0.15, -0.1) is 0 Å². The Hall–Kier alpha value is -1.75. The first-order valence-corrected chi connectivity index (χ1v) is 7.94. The molecule has 20 heavy (non-hydrogen) atoms. The molecule has 0 radical (unpaired) electrons. The molecule has 2 N–H and O–H groups in total. The molecular weight excluding hydrogens is 272 g/mol. The second-order valence-corrected chi connectivity index (χ2v) is 5.99. The summed E-state index contributed by atoms with van der Waals surface area (Å²) in [5.41, 5.74) is 9.05. The Kier molecular flexibility index (Phi) is 3.30. The summed E-state index contributed by atoms with van der Waals surface area (Å²) in [4.78, 5) is 24.8. The molecule has 0 saturated heterocycles. The van der Waals surface area contributed by atoms with E-state index < -0.39 is 10.9 Å². The molecule has 0 aliphatic carbocycles. The molecule has 1 heterocycles. The molecule has 1 aliphatic heterocycles. The second kappa shape index (κ2) is 4.98. The number of fused-ring (bicyclic) bond motifs is 1. The van der Waals surface area contributed by atoms with Gasteiger partial charge < -0.3 is 10.6 Å². The van der Waals surface area contributed by atoms with Gasteiger partial charge in [0, 0.05) is 18.8 Å². The fourth-order valence-corrected chi connectivity index (χ4v) is 3.28. The molecule has 0 fully saturated rings. The van der Waals surface area contributed by atoms with Crippen LogP contribution in [0.4, 0.5) is 11.4 Å². The van der Waals surface area contributed by atoms with Gasteiger partial charge in [-0.2, -0.15) is 11.8 Å². The molecule has 2 aromatic carbocycles. The van der Waals surface area contributed by atoms with E-state index in [0.717, 1.165) is 18.7 Å². The van der Waals surface area contributed by atoms with Gasteiger partial charge >= 0.3 is 0 Å². The maximum absolute atomic E-state index is 11.6. The molecule has 5 heteroatoms. The highest BCUT2D eigenvalue weighted by Crippen LogP contribution is 2.27. The van der Waals surface area contributed by atoms with Crippen LogP contribution in [0.2, 0.25) is 0 Å². The Balaban J connectivity index is 1.90. The summed E-state index contributed by atoms with van der Waals surface area (Å²) in [6, 6.07) is 6.53. The van der Waals surface area contributed by atoms with Gasteiger partial charge in [-0.25, -0.2) is 0 Å². The topological polar surface area (TPSA) is 63.4 Å². The number of nitrogens with zero attached hydrogens (tertiary/aromatic N) is 1. The smallest absolute Gasteiger partial charge is 0.253 e. The summed E-state index contributed by atoms with van der Waals surface area (Å²) < 4.78 is 0. The second-order valence-electron chi connectivity index (χ2n) is 5.13. The Labute approximate surface area is 121 Å². The highest BCUT2D eigenvalue weighted by molar-refractivity contribution is 7.97. The van der Waals surface area contributed by atoms with Gasteiger partial charge in [-0.05, 0) is 29.4 Å². The first kappa shape index (κ1) is 13.2. The summed E-state index contributed by atoms with van der Waals surface area (Å²) in [6.07, 6.45) is 2.96. The molecule has 0 bridgehead atoms. The third kappa shape index (κ3) is 2.02. The lowest BCUT2D eigenvalue weighted by Crippen LogP contribution is -2.44. The van der Waals surface area contributed by atoms with E-state index in [-0.39, 0.29) is 5.69 Å². The summed E-state index contributed by atoms with van der Waals surface area (Å²) in [6.45, 7) is 1.40. The highest BCUT2D eigenvalue weighted by atomic mass is 32.2. The molecule has 0 aromatic heterocycles. The number of rotatable bonds is 3. The number of hydrogen-bond donors (Lipinski definition) is 1. The van der Waals surface area contributed by atoms with Crippen LogP contribution < -0.4 is 21.5 Å². The molecule has 3 rings (SSSR count). The molecule has 0 unspecified atom stereocenters. The van der Waals surface area contributed by atoms with Crippen molar-refractivity contribution in [2.75, 3.05) is 23.4 Å². The molecular formula is C15H16N2O2S. The van der Waals surface area contributed by atoms with Crippen molar-refractivity contribution in [1.82, 2.24) is 0 Å². The third-order valence-corrected chi connectivity index (χ3v) is 4.45. The van der Waals surface area contributed by atoms with Crippen molar-refractivity contribution in [2.24, 2.45) is 0 Å². The lowest BCUT2D eigenvalue weighted by Gasteiger charge is -2.31. The summed E-state index contributed by atoms with van der Waals surface area (Å²) in [5.74, 6) is 0.982. The van der Waals surface area contributed by atoms with Crippen LogP contribution in [0.25, 0.3) is 0 Å². The molecule has 0 amide bonds. The average molecular weight is 288 g/mol. The Morgan fingerprint density at radius 1 is 1.25 bits per heavy atom. The fourth-order valence-electron chi connectivity index (χ4n) is 2.77. The number of benzene rings is 1. The summed E-state index contributed by atoms with van der Waals surface area (Å²) in [5, 5.41) is 0. The van der Waals surface area contributed by atoms with Crippen LogP contribution in [0.3, 0.4) is 0 Å². The van der Waals surface area contributed by atoms with Crippen LogP contribution in [0, 0.1) is 0 Å². The minimum atomic E-state index is -0.540. The predicted molar refractivity (Wildman–Crippen MR) is 84.2 cm³/mol. The van der Waals surface area contributed by atoms with Crippen molar-refractivity contribution in [3.8, 4) is 0 Å². The zero-order valence-electron chi connectivity index (χ0n) is 11.3. The number of anilines is 2. The first-order chi connectivity index (χ1) is 9.61. The highest BCUT2D eigenvalue weighted by Gasteiger charge is 2.26. The quantitative estimate of drug-likeness (QED) is 0.862. The van der Waals surface area contributed by atoms with Crippen LogP contribution in [-0.2, 0) is 18.7 Å². The lowest BCUT2D eigenvalue weighted by atomic mass is 9.96. The Bertz CT molecular complexity index is 732. The van der Waals surface area contributed by atoms with Crippen LogP contribution in [0.5, 0.6) is 0 Å². The first-order valence-electron chi connectivity index (χ1n) is 6.55. The van der Waals surface area contributed by atoms with Crippen molar-refractivity contribution in [3.05, 3.63) is 55.3 Å². The van der Waals surface area contributed by atoms with E-state index >= 15 is 0 Å². The van der Waals surface area contributed by atoms with E-state index in [9.17, 15) is 9.59 Å². The lowest BCUT2D eigenvalue weighted by molar-refractivity contribution is 0.726. The minimum Gasteiger partial charge on any atom is -0.394 e. The molecule has 0 atom stereocenters. The van der Waals surface area contributed by atoms with Crippen LogP contribution in [0.15, 0.2) is 27.8 Å². The fraction of sp³-hybridized carbons (Fsp3) is 0.333. The van der Waals surface area contributed by atoms with Gasteiger partial charge in [0.15, 0.2) is 0 Å². The monoisotopic (exact) mass is 288 g/mol. The summed E-state index contributed by atoms with van der Waals surface area (Å²) in [7, 11) is 0. The van der Waals surface area contributed by atoms with Crippen molar-refractivity contribution in [3.63, 3.8) is 0 Å². The van der Waals surface area contributed by atoms with E-state index in [1.165, 1.54) is 16.7 Å². The van der Waals surface area contributed by atoms with E-state index in [1.807, 2.05) is 4.90 Å². The van der Waals surface area contributed by atoms with E-state index in [0.29, 0.717) is 12.2 Å². The molecule has 104 valence electrons. The minimum absolute atomic E-state index is 0.124. The van der Waals surface area contributed by atoms with Crippen molar-refractivity contribution < 1.29 is 0 Å². The third-order valence-electron chi connectivity index (χ3n) is 3.83. The van der Waals surface area contributed by atoms with E-state index in [1.54, 1.807) is 11.8 Å². The maximum atomic E-state index is 11.6. The SMILES string of the molecule is CSCc1ccc2c(c1)CN(c1c(N)c(=O)c1=O)CC2. The predicted octanol–water partition coefficient (Wildman–Crippen LogP) is 1.29. The Morgan fingerprint density at radius 3 is 2.75 bits per heavy atom. The number of nitrogens with two attached hydrogens (primary N) is 1. The molecule has 1 aliphatic rings. The maximum Gasteiger partial charge on any atom is 0.253 e. The number of hydrogen-bond acceptors (Lipinski definition) is 5. The number of nitrogen functional groups attached to an aromatic ring is 1. The normalized spacial score (nSPS) is 14.6. The van der Waals surface area contributed by atoms with E-state index in [2.05, 4.69) is 24.5 Å². The van der Waals surface area contributed by atoms with Gasteiger partial charge in [-0.3, -0.25) is 9.59 Å². The standard InChI is InChI=1S/C15H16N2O2S/c1-20-8-9-2-3-10-4-5-17(7-11(10)6-9)13-12(16)14(18)15(13)19/h2-3,6H,4-5,7-8,16H2,1H3. The Morgan fingerprint density at radius 2 is 2.05 bits per heavy atom. The van der Waals surface area contributed by atoms with Gasteiger partial charge in [0.2, 0.25) is 0 Å². The van der Waals surface area contributed by atoms with Crippen LogP contribution in [-0.4, -0.2) is 12.8 Å². The van der Waals surface area contributed by atoms with Crippen LogP contribution in [0.1, 0.15) is 16.7 Å². The number of thioether (sulfide) groups is 1. The van der Waals surface area contributed by atoms with Crippen molar-refractivity contribution in [2.45, 2.75) is 18.7 Å². The molecule has 2 aromatic rings. The van der Waals surface area contributed by atoms with Crippen LogP contribution >= 0.6 is 11.8 Å². The average Bonchev–Trinajstić information content (AvgIpc) is 2.47. The zero-order chi connectivity index (χ0) is 14.3.